The van der Waals surface area contributed by atoms with Gasteiger partial charge in [0.2, 0.25) is 6.79 Å². The Morgan fingerprint density at radius 1 is 1.24 bits per heavy atom. The topological polar surface area (TPSA) is 59.6 Å². The molecule has 0 fully saturated rings. The molecular formula is C22H25BrN2O3S. The number of ether oxygens (including phenoxy) is 2. The lowest BCUT2D eigenvalue weighted by Crippen LogP contribution is -2.38. The maximum Gasteiger partial charge on any atom is 0.256 e. The lowest BCUT2D eigenvalue weighted by molar-refractivity contribution is 0.0934. The van der Waals surface area contributed by atoms with Gasteiger partial charge < -0.3 is 20.1 Å². The maximum absolute atomic E-state index is 13.1. The van der Waals surface area contributed by atoms with Crippen molar-refractivity contribution in [3.05, 3.63) is 38.2 Å². The molecule has 1 aromatic carbocycles. The molecule has 2 aliphatic heterocycles. The van der Waals surface area contributed by atoms with E-state index in [1.807, 2.05) is 12.1 Å². The van der Waals surface area contributed by atoms with Crippen molar-refractivity contribution in [1.29, 1.82) is 0 Å². The van der Waals surface area contributed by atoms with Gasteiger partial charge in [-0.1, -0.05) is 43.1 Å². The van der Waals surface area contributed by atoms with Gasteiger partial charge in [0.15, 0.2) is 11.5 Å². The van der Waals surface area contributed by atoms with Crippen LogP contribution in [0.1, 0.15) is 66.1 Å². The lowest BCUT2D eigenvalue weighted by Gasteiger charge is -2.36. The molecule has 0 spiro atoms. The zero-order valence-electron chi connectivity index (χ0n) is 16.9. The standard InChI is InChI=1S/C22H25BrN2O3S/c1-4-22(2,3)11-5-6-12-17(7-11)29-21-18(12)20(26)24-19(25-21)13-8-15-16(9-14(13)23)28-10-27-15/h8-9,11,19,25H,4-7,10H2,1-3H3,(H,24,26)/t11-,19+/m1/s1. The van der Waals surface area contributed by atoms with Gasteiger partial charge in [0.1, 0.15) is 11.2 Å². The summed E-state index contributed by atoms with van der Waals surface area (Å²) in [4.78, 5) is 14.4. The SMILES string of the molecule is CCC(C)(C)[C@@H]1CCc2c(sc3c2C(=O)N[C@H](c2cc4c(cc2Br)OCO4)N3)C1. The molecule has 154 valence electrons. The number of amides is 1. The van der Waals surface area contributed by atoms with Gasteiger partial charge in [0, 0.05) is 14.9 Å². The predicted molar refractivity (Wildman–Crippen MR) is 118 cm³/mol. The highest BCUT2D eigenvalue weighted by Gasteiger charge is 2.38. The van der Waals surface area contributed by atoms with E-state index >= 15 is 0 Å². The van der Waals surface area contributed by atoms with Gasteiger partial charge in [-0.15, -0.1) is 11.3 Å². The van der Waals surface area contributed by atoms with Crippen molar-refractivity contribution in [1.82, 2.24) is 5.32 Å². The molecule has 29 heavy (non-hydrogen) atoms. The second-order valence-corrected chi connectivity index (χ2v) is 10.7. The van der Waals surface area contributed by atoms with Crippen molar-refractivity contribution in [2.75, 3.05) is 12.1 Å². The van der Waals surface area contributed by atoms with E-state index in [2.05, 4.69) is 47.3 Å². The summed E-state index contributed by atoms with van der Waals surface area (Å²) in [5.74, 6) is 2.11. The van der Waals surface area contributed by atoms with Crippen LogP contribution in [0.3, 0.4) is 0 Å². The summed E-state index contributed by atoms with van der Waals surface area (Å²) < 4.78 is 11.8. The normalized spacial score (nSPS) is 22.6. The van der Waals surface area contributed by atoms with Crippen molar-refractivity contribution >= 4 is 38.2 Å². The first-order valence-corrected chi connectivity index (χ1v) is 11.8. The zero-order valence-corrected chi connectivity index (χ0v) is 19.3. The number of hydrogen-bond donors (Lipinski definition) is 2. The van der Waals surface area contributed by atoms with Crippen molar-refractivity contribution in [2.24, 2.45) is 11.3 Å². The highest BCUT2D eigenvalue weighted by Crippen LogP contribution is 2.48. The van der Waals surface area contributed by atoms with Crippen LogP contribution in [0.5, 0.6) is 11.5 Å². The van der Waals surface area contributed by atoms with E-state index in [-0.39, 0.29) is 18.9 Å². The molecule has 1 aromatic heterocycles. The average Bonchev–Trinajstić information content (AvgIpc) is 3.30. The Morgan fingerprint density at radius 2 is 2.00 bits per heavy atom. The highest BCUT2D eigenvalue weighted by atomic mass is 79.9. The van der Waals surface area contributed by atoms with Crippen LogP contribution in [0.4, 0.5) is 5.00 Å². The molecule has 2 N–H and O–H groups in total. The van der Waals surface area contributed by atoms with Crippen molar-refractivity contribution in [2.45, 2.75) is 52.6 Å². The van der Waals surface area contributed by atoms with Crippen LogP contribution in [0.25, 0.3) is 0 Å². The third kappa shape index (κ3) is 3.13. The fourth-order valence-corrected chi connectivity index (χ4v) is 6.47. The van der Waals surface area contributed by atoms with E-state index in [9.17, 15) is 4.79 Å². The van der Waals surface area contributed by atoms with Gasteiger partial charge in [-0.2, -0.15) is 0 Å². The van der Waals surface area contributed by atoms with Crippen molar-refractivity contribution in [3.63, 3.8) is 0 Å². The first-order chi connectivity index (χ1) is 13.9. The molecule has 5 rings (SSSR count). The van der Waals surface area contributed by atoms with Crippen LogP contribution in [0.2, 0.25) is 0 Å². The summed E-state index contributed by atoms with van der Waals surface area (Å²) >= 11 is 5.37. The Kier molecular flexibility index (Phi) is 4.59. The molecule has 1 aliphatic carbocycles. The number of thiophene rings is 1. The minimum absolute atomic E-state index is 0.0130. The van der Waals surface area contributed by atoms with Gasteiger partial charge in [-0.3, -0.25) is 4.79 Å². The molecule has 0 bridgehead atoms. The van der Waals surface area contributed by atoms with Gasteiger partial charge in [0.25, 0.3) is 5.91 Å². The third-order valence-electron chi connectivity index (χ3n) is 6.86. The summed E-state index contributed by atoms with van der Waals surface area (Å²) in [5.41, 5.74) is 3.37. The van der Waals surface area contributed by atoms with Crippen LogP contribution in [0, 0.1) is 11.3 Å². The Labute approximate surface area is 183 Å². The Bertz CT molecular complexity index is 1000. The number of anilines is 1. The van der Waals surface area contributed by atoms with Gasteiger partial charge in [-0.05, 0) is 48.3 Å². The summed E-state index contributed by atoms with van der Waals surface area (Å²) in [5, 5.41) is 7.69. The Balaban J connectivity index is 1.46. The molecule has 3 aliphatic rings. The van der Waals surface area contributed by atoms with Crippen molar-refractivity contribution in [3.8, 4) is 11.5 Å². The quantitative estimate of drug-likeness (QED) is 0.601. The van der Waals surface area contributed by atoms with Crippen LogP contribution in [0.15, 0.2) is 16.6 Å². The second-order valence-electron chi connectivity index (χ2n) is 8.77. The van der Waals surface area contributed by atoms with E-state index in [0.29, 0.717) is 17.1 Å². The van der Waals surface area contributed by atoms with E-state index in [1.54, 1.807) is 11.3 Å². The molecule has 0 unspecified atom stereocenters. The fourth-order valence-electron chi connectivity index (χ4n) is 4.56. The minimum atomic E-state index is -0.304. The number of fused-ring (bicyclic) bond motifs is 4. The predicted octanol–water partition coefficient (Wildman–Crippen LogP) is 5.63. The Morgan fingerprint density at radius 3 is 2.76 bits per heavy atom. The number of carbonyl (C=O) groups excluding carboxylic acids is 1. The summed E-state index contributed by atoms with van der Waals surface area (Å²) in [6.45, 7) is 7.24. The van der Waals surface area contributed by atoms with Gasteiger partial charge in [-0.25, -0.2) is 0 Å². The van der Waals surface area contributed by atoms with E-state index in [1.165, 1.54) is 16.9 Å². The summed E-state index contributed by atoms with van der Waals surface area (Å²) in [6.07, 6.45) is 4.09. The molecule has 1 amide bonds. The average molecular weight is 477 g/mol. The fraction of sp³-hybridized carbons (Fsp3) is 0.500. The molecule has 0 radical (unpaired) electrons. The van der Waals surface area contributed by atoms with Gasteiger partial charge in [0.05, 0.1) is 5.56 Å². The largest absolute Gasteiger partial charge is 0.454 e. The number of nitrogens with one attached hydrogen (secondary N) is 2. The van der Waals surface area contributed by atoms with Crippen molar-refractivity contribution < 1.29 is 14.3 Å². The molecule has 0 saturated heterocycles. The molecule has 0 saturated carbocycles. The molecule has 7 heteroatoms. The molecule has 5 nitrogen and oxygen atoms in total. The van der Waals surface area contributed by atoms with Crippen LogP contribution < -0.4 is 20.1 Å². The number of benzene rings is 1. The maximum atomic E-state index is 13.1. The van der Waals surface area contributed by atoms with Crippen LogP contribution in [-0.2, 0) is 12.8 Å². The van der Waals surface area contributed by atoms with E-state index in [4.69, 9.17) is 9.47 Å². The minimum Gasteiger partial charge on any atom is -0.454 e. The second kappa shape index (κ2) is 6.91. The number of carbonyl (C=O) groups is 1. The monoisotopic (exact) mass is 476 g/mol. The van der Waals surface area contributed by atoms with E-state index in [0.717, 1.165) is 45.6 Å². The molecule has 2 aromatic rings. The smallest absolute Gasteiger partial charge is 0.256 e. The highest BCUT2D eigenvalue weighted by molar-refractivity contribution is 9.10. The lowest BCUT2D eigenvalue weighted by atomic mass is 9.69. The first kappa shape index (κ1) is 19.2. The molecule has 3 heterocycles. The number of hydrogen-bond acceptors (Lipinski definition) is 5. The first-order valence-electron chi connectivity index (χ1n) is 10.2. The molecular weight excluding hydrogens is 452 g/mol. The number of rotatable bonds is 3. The molecule has 2 atom stereocenters. The van der Waals surface area contributed by atoms with Crippen LogP contribution in [-0.4, -0.2) is 12.7 Å². The van der Waals surface area contributed by atoms with Gasteiger partial charge >= 0.3 is 0 Å². The van der Waals surface area contributed by atoms with E-state index < -0.39 is 0 Å². The van der Waals surface area contributed by atoms with Crippen LogP contribution >= 0.6 is 27.3 Å². The Hall–Kier alpha value is -1.73. The summed E-state index contributed by atoms with van der Waals surface area (Å²) in [7, 11) is 0. The summed E-state index contributed by atoms with van der Waals surface area (Å²) in [6, 6.07) is 3.83. The third-order valence-corrected chi connectivity index (χ3v) is 8.73. The number of halogens is 1. The zero-order chi connectivity index (χ0) is 20.3.